The molecular formula is C9H11IN4. The number of halogens is 1. The number of hydrogen-bond acceptors (Lipinski definition) is 4. The average Bonchev–Trinajstić information content (AvgIpc) is 2.18. The van der Waals surface area contributed by atoms with Gasteiger partial charge < -0.3 is 4.90 Å². The van der Waals surface area contributed by atoms with Crippen LogP contribution in [0.15, 0.2) is 12.4 Å². The van der Waals surface area contributed by atoms with Gasteiger partial charge in [0.2, 0.25) is 5.95 Å². The van der Waals surface area contributed by atoms with Gasteiger partial charge in [-0.2, -0.15) is 5.26 Å². The second-order valence-electron chi connectivity index (χ2n) is 3.11. The summed E-state index contributed by atoms with van der Waals surface area (Å²) in [5.41, 5.74) is 0. The zero-order valence-corrected chi connectivity index (χ0v) is 10.3. The molecule has 1 atom stereocenters. The zero-order valence-electron chi connectivity index (χ0n) is 8.11. The lowest BCUT2D eigenvalue weighted by Gasteiger charge is -2.17. The minimum Gasteiger partial charge on any atom is -0.343 e. The number of hydrogen-bond donors (Lipinski definition) is 0. The van der Waals surface area contributed by atoms with Gasteiger partial charge in [0.15, 0.2) is 0 Å². The van der Waals surface area contributed by atoms with Gasteiger partial charge in [0.05, 0.1) is 12.0 Å². The highest BCUT2D eigenvalue weighted by Crippen LogP contribution is 2.08. The van der Waals surface area contributed by atoms with Crippen molar-refractivity contribution in [3.63, 3.8) is 0 Å². The molecule has 0 fully saturated rings. The first-order valence-corrected chi connectivity index (χ1v) is 5.29. The molecule has 14 heavy (non-hydrogen) atoms. The van der Waals surface area contributed by atoms with Gasteiger partial charge in [-0.05, 0) is 29.5 Å². The smallest absolute Gasteiger partial charge is 0.225 e. The van der Waals surface area contributed by atoms with E-state index in [-0.39, 0.29) is 5.92 Å². The molecule has 1 heterocycles. The highest BCUT2D eigenvalue weighted by molar-refractivity contribution is 14.1. The van der Waals surface area contributed by atoms with E-state index in [2.05, 4.69) is 38.6 Å². The fourth-order valence-electron chi connectivity index (χ4n) is 1.04. The Morgan fingerprint density at radius 1 is 1.57 bits per heavy atom. The van der Waals surface area contributed by atoms with Gasteiger partial charge in [-0.25, -0.2) is 9.97 Å². The molecule has 0 bridgehead atoms. The molecule has 0 aliphatic heterocycles. The summed E-state index contributed by atoms with van der Waals surface area (Å²) in [6.45, 7) is 2.53. The molecule has 4 nitrogen and oxygen atoms in total. The van der Waals surface area contributed by atoms with Crippen molar-refractivity contribution in [1.29, 1.82) is 5.26 Å². The van der Waals surface area contributed by atoms with Gasteiger partial charge in [0, 0.05) is 29.6 Å². The van der Waals surface area contributed by atoms with Crippen molar-refractivity contribution < 1.29 is 0 Å². The molecule has 0 N–H and O–H groups in total. The summed E-state index contributed by atoms with van der Waals surface area (Å²) >= 11 is 2.16. The average molecular weight is 302 g/mol. The fourth-order valence-corrected chi connectivity index (χ4v) is 1.31. The van der Waals surface area contributed by atoms with Crippen LogP contribution in [0.2, 0.25) is 0 Å². The van der Waals surface area contributed by atoms with E-state index in [1.165, 1.54) is 0 Å². The van der Waals surface area contributed by atoms with Gasteiger partial charge >= 0.3 is 0 Å². The summed E-state index contributed by atoms with van der Waals surface area (Å²) in [6, 6.07) is 2.18. The second kappa shape index (κ2) is 5.10. The maximum Gasteiger partial charge on any atom is 0.225 e. The normalized spacial score (nSPS) is 11.9. The summed E-state index contributed by atoms with van der Waals surface area (Å²) < 4.78 is 1.01. The fraction of sp³-hybridized carbons (Fsp3) is 0.444. The number of aromatic nitrogens is 2. The van der Waals surface area contributed by atoms with E-state index in [1.54, 1.807) is 12.4 Å². The Bertz CT molecular complexity index is 330. The predicted octanol–water partition coefficient (Wildman–Crippen LogP) is 1.68. The minimum atomic E-state index is -0.0112. The Morgan fingerprint density at radius 3 is 2.64 bits per heavy atom. The number of rotatable bonds is 3. The predicted molar refractivity (Wildman–Crippen MR) is 62.8 cm³/mol. The van der Waals surface area contributed by atoms with Crippen molar-refractivity contribution in [2.75, 3.05) is 18.5 Å². The van der Waals surface area contributed by atoms with Gasteiger partial charge in [0.1, 0.15) is 0 Å². The molecule has 0 saturated carbocycles. The first-order chi connectivity index (χ1) is 6.63. The Labute approximate surface area is 97.1 Å². The first-order valence-electron chi connectivity index (χ1n) is 4.21. The van der Waals surface area contributed by atoms with Crippen LogP contribution in [-0.2, 0) is 0 Å². The van der Waals surface area contributed by atoms with Crippen molar-refractivity contribution in [2.24, 2.45) is 5.92 Å². The lowest BCUT2D eigenvalue weighted by Crippen LogP contribution is -2.25. The molecule has 1 aromatic rings. The standard InChI is InChI=1S/C9H11IN4/c1-7(3-11)6-14(2)9-12-4-8(10)5-13-9/h4-5,7H,6H2,1-2H3. The van der Waals surface area contributed by atoms with Crippen LogP contribution < -0.4 is 4.90 Å². The van der Waals surface area contributed by atoms with Gasteiger partial charge in [-0.1, -0.05) is 0 Å². The summed E-state index contributed by atoms with van der Waals surface area (Å²) in [5, 5.41) is 8.66. The second-order valence-corrected chi connectivity index (χ2v) is 4.36. The molecule has 1 unspecified atom stereocenters. The summed E-state index contributed by atoms with van der Waals surface area (Å²) in [5.74, 6) is 0.649. The SMILES string of the molecule is CC(C#N)CN(C)c1ncc(I)cn1. The van der Waals surface area contributed by atoms with E-state index in [9.17, 15) is 0 Å². The molecule has 0 aromatic carbocycles. The van der Waals surface area contributed by atoms with E-state index < -0.39 is 0 Å². The molecule has 5 heteroatoms. The number of nitrogens with zero attached hydrogens (tertiary/aromatic N) is 4. The lowest BCUT2D eigenvalue weighted by atomic mass is 10.2. The lowest BCUT2D eigenvalue weighted by molar-refractivity contribution is 0.702. The summed E-state index contributed by atoms with van der Waals surface area (Å²) in [4.78, 5) is 10.2. The van der Waals surface area contributed by atoms with Crippen molar-refractivity contribution in [3.8, 4) is 6.07 Å². The monoisotopic (exact) mass is 302 g/mol. The van der Waals surface area contributed by atoms with Gasteiger partial charge in [-0.15, -0.1) is 0 Å². The van der Waals surface area contributed by atoms with Crippen molar-refractivity contribution in [1.82, 2.24) is 9.97 Å². The van der Waals surface area contributed by atoms with E-state index in [1.807, 2.05) is 18.9 Å². The van der Waals surface area contributed by atoms with Crippen molar-refractivity contribution in [2.45, 2.75) is 6.92 Å². The molecule has 0 saturated heterocycles. The zero-order chi connectivity index (χ0) is 10.6. The molecule has 1 rings (SSSR count). The third kappa shape index (κ3) is 3.10. The van der Waals surface area contributed by atoms with Gasteiger partial charge in [0.25, 0.3) is 0 Å². The molecule has 0 aliphatic carbocycles. The summed E-state index contributed by atoms with van der Waals surface area (Å²) in [7, 11) is 1.88. The number of nitriles is 1. The third-order valence-electron chi connectivity index (χ3n) is 1.72. The minimum absolute atomic E-state index is 0.0112. The van der Waals surface area contributed by atoms with Crippen LogP contribution in [-0.4, -0.2) is 23.6 Å². The molecule has 0 amide bonds. The topological polar surface area (TPSA) is 52.8 Å². The van der Waals surface area contributed by atoms with E-state index in [0.717, 1.165) is 3.57 Å². The highest BCUT2D eigenvalue weighted by atomic mass is 127. The molecule has 1 aromatic heterocycles. The quantitative estimate of drug-likeness (QED) is 0.797. The van der Waals surface area contributed by atoms with E-state index in [0.29, 0.717) is 12.5 Å². The van der Waals surface area contributed by atoms with Crippen LogP contribution in [0.1, 0.15) is 6.92 Å². The van der Waals surface area contributed by atoms with Crippen LogP contribution in [0, 0.1) is 20.8 Å². The maximum atomic E-state index is 8.66. The molecule has 0 spiro atoms. The molecule has 0 aliphatic rings. The van der Waals surface area contributed by atoms with Crippen LogP contribution in [0.4, 0.5) is 5.95 Å². The Morgan fingerprint density at radius 2 is 2.14 bits per heavy atom. The Balaban J connectivity index is 2.66. The molecular weight excluding hydrogens is 291 g/mol. The first kappa shape index (κ1) is 11.2. The van der Waals surface area contributed by atoms with E-state index in [4.69, 9.17) is 5.26 Å². The third-order valence-corrected chi connectivity index (χ3v) is 2.27. The van der Waals surface area contributed by atoms with Crippen molar-refractivity contribution >= 4 is 28.5 Å². The van der Waals surface area contributed by atoms with Gasteiger partial charge in [-0.3, -0.25) is 0 Å². The molecule has 74 valence electrons. The van der Waals surface area contributed by atoms with Crippen LogP contribution >= 0.6 is 22.6 Å². The Hall–Kier alpha value is -0.900. The van der Waals surface area contributed by atoms with Crippen LogP contribution in [0.5, 0.6) is 0 Å². The number of anilines is 1. The Kier molecular flexibility index (Phi) is 4.07. The summed E-state index contributed by atoms with van der Waals surface area (Å²) in [6.07, 6.45) is 3.52. The maximum absolute atomic E-state index is 8.66. The van der Waals surface area contributed by atoms with Crippen LogP contribution in [0.25, 0.3) is 0 Å². The van der Waals surface area contributed by atoms with E-state index >= 15 is 0 Å². The van der Waals surface area contributed by atoms with Crippen molar-refractivity contribution in [3.05, 3.63) is 16.0 Å². The molecule has 0 radical (unpaired) electrons. The van der Waals surface area contributed by atoms with Crippen LogP contribution in [0.3, 0.4) is 0 Å². The highest BCUT2D eigenvalue weighted by Gasteiger charge is 2.07. The largest absolute Gasteiger partial charge is 0.343 e.